The van der Waals surface area contributed by atoms with Gasteiger partial charge >= 0.3 is 0 Å². The Balaban J connectivity index is 1.64. The molecule has 3 aromatic rings. The van der Waals surface area contributed by atoms with E-state index < -0.39 is 6.04 Å². The summed E-state index contributed by atoms with van der Waals surface area (Å²) < 4.78 is 0. The van der Waals surface area contributed by atoms with E-state index in [1.165, 1.54) is 0 Å². The number of nitrogens with one attached hydrogen (secondary N) is 2. The Morgan fingerprint density at radius 3 is 2.39 bits per heavy atom. The molecular weight excluding hydrogens is 536 g/mol. The van der Waals surface area contributed by atoms with E-state index in [4.69, 9.17) is 51.4 Å². The second kappa shape index (κ2) is 9.75. The summed E-state index contributed by atoms with van der Waals surface area (Å²) in [6.45, 7) is 4.21. The van der Waals surface area contributed by atoms with Crippen molar-refractivity contribution >= 4 is 75.5 Å². The molecule has 0 spiro atoms. The molecule has 8 heteroatoms. The number of para-hydroxylation sites is 1. The third kappa shape index (κ3) is 5.01. The highest BCUT2D eigenvalue weighted by atomic mass is 35.5. The van der Waals surface area contributed by atoms with Crippen LogP contribution >= 0.6 is 46.4 Å². The standard InChI is InChI=1S/C28H23Cl4N3O/c1-28(2)12-23-25(24(36)13-28)26(18-9-8-17(30)11-20(18)32)34-22-5-3-4-21(27(22)35-23)33-14-15-6-7-16(29)10-19(15)31/h3-11,14,26,34-35H,12-13H2,1-2H3/b33-14+. The van der Waals surface area contributed by atoms with Gasteiger partial charge in [-0.15, -0.1) is 0 Å². The minimum atomic E-state index is -0.438. The fourth-order valence-corrected chi connectivity index (χ4v) is 5.75. The van der Waals surface area contributed by atoms with Crippen molar-refractivity contribution in [3.05, 3.63) is 97.1 Å². The zero-order valence-electron chi connectivity index (χ0n) is 19.6. The predicted molar refractivity (Wildman–Crippen MR) is 152 cm³/mol. The molecule has 1 aliphatic carbocycles. The maximum absolute atomic E-state index is 13.5. The molecule has 1 heterocycles. The van der Waals surface area contributed by atoms with Crippen molar-refractivity contribution in [2.24, 2.45) is 10.4 Å². The molecule has 36 heavy (non-hydrogen) atoms. The Kier molecular flexibility index (Phi) is 6.82. The second-order valence-electron chi connectivity index (χ2n) is 9.83. The summed E-state index contributed by atoms with van der Waals surface area (Å²) in [6, 6.07) is 16.0. The Morgan fingerprint density at radius 1 is 0.944 bits per heavy atom. The number of carbonyl (C=O) groups excluding carboxylic acids is 1. The lowest BCUT2D eigenvalue weighted by atomic mass is 9.73. The first-order valence-corrected chi connectivity index (χ1v) is 13.0. The lowest BCUT2D eigenvalue weighted by molar-refractivity contribution is -0.118. The number of nitrogens with zero attached hydrogens (tertiary/aromatic N) is 1. The summed E-state index contributed by atoms with van der Waals surface area (Å²) in [6.07, 6.45) is 2.87. The Labute approximate surface area is 230 Å². The van der Waals surface area contributed by atoms with Gasteiger partial charge in [-0.1, -0.05) is 78.5 Å². The van der Waals surface area contributed by atoms with Crippen molar-refractivity contribution < 1.29 is 4.79 Å². The summed E-state index contributed by atoms with van der Waals surface area (Å²) in [4.78, 5) is 18.2. The zero-order valence-corrected chi connectivity index (χ0v) is 22.7. The molecule has 1 atom stereocenters. The molecule has 0 aromatic heterocycles. The van der Waals surface area contributed by atoms with E-state index in [-0.39, 0.29) is 11.2 Å². The van der Waals surface area contributed by atoms with E-state index in [0.717, 1.165) is 28.2 Å². The molecule has 3 aromatic carbocycles. The van der Waals surface area contributed by atoms with Gasteiger partial charge in [-0.3, -0.25) is 9.79 Å². The first-order chi connectivity index (χ1) is 17.1. The monoisotopic (exact) mass is 557 g/mol. The number of Topliss-reactive ketones (excluding diaryl/α,β-unsaturated/α-hetero) is 1. The Bertz CT molecular complexity index is 1440. The fraction of sp³-hybridized carbons (Fsp3) is 0.214. The van der Waals surface area contributed by atoms with E-state index in [1.807, 2.05) is 30.3 Å². The number of aliphatic imine (C=N–C) groups is 1. The van der Waals surface area contributed by atoms with Gasteiger partial charge in [0.05, 0.1) is 28.1 Å². The molecule has 0 saturated carbocycles. The van der Waals surface area contributed by atoms with Crippen LogP contribution in [-0.2, 0) is 4.79 Å². The molecule has 0 radical (unpaired) electrons. The first-order valence-electron chi connectivity index (χ1n) is 11.5. The number of hydrogen-bond acceptors (Lipinski definition) is 4. The van der Waals surface area contributed by atoms with Crippen LogP contribution in [-0.4, -0.2) is 12.0 Å². The maximum Gasteiger partial charge on any atom is 0.163 e. The number of anilines is 2. The molecule has 1 aliphatic heterocycles. The smallest absolute Gasteiger partial charge is 0.163 e. The number of fused-ring (bicyclic) bond motifs is 1. The van der Waals surface area contributed by atoms with Gasteiger partial charge in [-0.25, -0.2) is 0 Å². The summed E-state index contributed by atoms with van der Waals surface area (Å²) in [5, 5.41) is 9.25. The number of allylic oxidation sites excluding steroid dienone is 1. The summed E-state index contributed by atoms with van der Waals surface area (Å²) in [5.74, 6) is 0.0862. The number of halogens is 4. The summed E-state index contributed by atoms with van der Waals surface area (Å²) in [5.41, 5.74) is 5.20. The van der Waals surface area contributed by atoms with Crippen LogP contribution < -0.4 is 10.6 Å². The molecule has 0 amide bonds. The van der Waals surface area contributed by atoms with Gasteiger partial charge in [-0.2, -0.15) is 0 Å². The van der Waals surface area contributed by atoms with Gasteiger partial charge in [0, 0.05) is 44.5 Å². The van der Waals surface area contributed by atoms with E-state index in [0.29, 0.717) is 44.2 Å². The lowest BCUT2D eigenvalue weighted by Crippen LogP contribution is -2.31. The third-order valence-electron chi connectivity index (χ3n) is 6.41. The van der Waals surface area contributed by atoms with Crippen molar-refractivity contribution in [1.29, 1.82) is 0 Å². The number of rotatable bonds is 3. The molecule has 4 nitrogen and oxygen atoms in total. The van der Waals surface area contributed by atoms with Crippen molar-refractivity contribution in [1.82, 2.24) is 0 Å². The van der Waals surface area contributed by atoms with Crippen LogP contribution in [0.4, 0.5) is 17.1 Å². The molecule has 1 unspecified atom stereocenters. The van der Waals surface area contributed by atoms with Crippen LogP contribution in [0.2, 0.25) is 20.1 Å². The zero-order chi connectivity index (χ0) is 25.6. The van der Waals surface area contributed by atoms with Crippen LogP contribution in [0.25, 0.3) is 0 Å². The molecule has 5 rings (SSSR count). The highest BCUT2D eigenvalue weighted by Crippen LogP contribution is 2.48. The summed E-state index contributed by atoms with van der Waals surface area (Å²) >= 11 is 25.2. The highest BCUT2D eigenvalue weighted by molar-refractivity contribution is 6.36. The van der Waals surface area contributed by atoms with Crippen LogP contribution in [0.15, 0.2) is 70.9 Å². The van der Waals surface area contributed by atoms with Gasteiger partial charge < -0.3 is 10.6 Å². The number of carbonyl (C=O) groups is 1. The van der Waals surface area contributed by atoms with Crippen molar-refractivity contribution in [2.75, 3.05) is 10.6 Å². The molecule has 0 saturated heterocycles. The van der Waals surface area contributed by atoms with E-state index >= 15 is 0 Å². The highest BCUT2D eigenvalue weighted by Gasteiger charge is 2.39. The largest absolute Gasteiger partial charge is 0.372 e. The van der Waals surface area contributed by atoms with Crippen LogP contribution in [0, 0.1) is 5.41 Å². The van der Waals surface area contributed by atoms with Gasteiger partial charge in [0.15, 0.2) is 5.78 Å². The van der Waals surface area contributed by atoms with Crippen molar-refractivity contribution in [3.8, 4) is 0 Å². The molecule has 0 fully saturated rings. The molecule has 184 valence electrons. The predicted octanol–water partition coefficient (Wildman–Crippen LogP) is 9.27. The van der Waals surface area contributed by atoms with Crippen LogP contribution in [0.1, 0.15) is 43.9 Å². The molecule has 2 N–H and O–H groups in total. The normalized spacial score (nSPS) is 18.8. The van der Waals surface area contributed by atoms with Gasteiger partial charge in [0.2, 0.25) is 0 Å². The van der Waals surface area contributed by atoms with E-state index in [2.05, 4.69) is 24.5 Å². The topological polar surface area (TPSA) is 53.5 Å². The lowest BCUT2D eigenvalue weighted by Gasteiger charge is -2.34. The minimum absolute atomic E-state index is 0.0862. The average molecular weight is 559 g/mol. The Morgan fingerprint density at radius 2 is 1.67 bits per heavy atom. The fourth-order valence-electron chi connectivity index (χ4n) is 4.77. The molecule has 2 aliphatic rings. The van der Waals surface area contributed by atoms with Crippen LogP contribution in [0.3, 0.4) is 0 Å². The first kappa shape index (κ1) is 25.2. The van der Waals surface area contributed by atoms with Gasteiger partial charge in [0.25, 0.3) is 0 Å². The second-order valence-corrected chi connectivity index (χ2v) is 11.5. The van der Waals surface area contributed by atoms with E-state index in [9.17, 15) is 4.79 Å². The number of ketones is 1. The van der Waals surface area contributed by atoms with Crippen molar-refractivity contribution in [3.63, 3.8) is 0 Å². The SMILES string of the molecule is CC1(C)CC(=O)C2=C(C1)Nc1c(/N=C/c3ccc(Cl)cc3Cl)cccc1NC2c1ccc(Cl)cc1Cl. The number of hydrogen-bond donors (Lipinski definition) is 2. The van der Waals surface area contributed by atoms with Crippen LogP contribution in [0.5, 0.6) is 0 Å². The van der Waals surface area contributed by atoms with Gasteiger partial charge in [-0.05, 0) is 53.8 Å². The molecule has 0 bridgehead atoms. The number of benzene rings is 3. The Hall–Kier alpha value is -2.50. The minimum Gasteiger partial charge on any atom is -0.372 e. The molecular formula is C28H23Cl4N3O. The maximum atomic E-state index is 13.5. The quantitative estimate of drug-likeness (QED) is 0.315. The van der Waals surface area contributed by atoms with Crippen molar-refractivity contribution in [2.45, 2.75) is 32.7 Å². The average Bonchev–Trinajstić information content (AvgIpc) is 2.94. The van der Waals surface area contributed by atoms with E-state index in [1.54, 1.807) is 30.5 Å². The third-order valence-corrected chi connectivity index (χ3v) is 7.53. The van der Waals surface area contributed by atoms with Gasteiger partial charge in [0.1, 0.15) is 0 Å². The summed E-state index contributed by atoms with van der Waals surface area (Å²) in [7, 11) is 0.